The Hall–Kier alpha value is -2.04. The summed E-state index contributed by atoms with van der Waals surface area (Å²) in [6, 6.07) is 13.0. The molecule has 4 nitrogen and oxygen atoms in total. The van der Waals surface area contributed by atoms with Crippen molar-refractivity contribution in [2.45, 2.75) is 6.54 Å². The Kier molecular flexibility index (Phi) is 5.20. The van der Waals surface area contributed by atoms with Gasteiger partial charge < -0.3 is 15.2 Å². The third-order valence-corrected chi connectivity index (χ3v) is 3.27. The first-order valence-corrected chi connectivity index (χ1v) is 6.86. The van der Waals surface area contributed by atoms with Crippen molar-refractivity contribution in [2.75, 3.05) is 13.7 Å². The molecule has 0 atom stereocenters. The number of rotatable bonds is 6. The van der Waals surface area contributed by atoms with Gasteiger partial charge in [0.2, 0.25) is 0 Å². The second-order valence-corrected chi connectivity index (χ2v) is 4.93. The molecule has 2 N–H and O–H groups in total. The number of carboxylic acids is 1. The zero-order chi connectivity index (χ0) is 15.2. The minimum atomic E-state index is -1.01. The van der Waals surface area contributed by atoms with Crippen molar-refractivity contribution in [3.8, 4) is 16.9 Å². The van der Waals surface area contributed by atoms with Crippen LogP contribution in [0.2, 0.25) is 5.02 Å². The van der Waals surface area contributed by atoms with Crippen molar-refractivity contribution >= 4 is 17.6 Å². The number of halogens is 1. The Morgan fingerprint density at radius 1 is 1.24 bits per heavy atom. The van der Waals surface area contributed by atoms with Crippen molar-refractivity contribution in [3.63, 3.8) is 0 Å². The molecule has 0 aliphatic rings. The average Bonchev–Trinajstić information content (AvgIpc) is 2.46. The second kappa shape index (κ2) is 7.11. The molecule has 2 rings (SSSR count). The van der Waals surface area contributed by atoms with Crippen LogP contribution in [-0.4, -0.2) is 24.7 Å². The highest BCUT2D eigenvalue weighted by Crippen LogP contribution is 2.35. The van der Waals surface area contributed by atoms with E-state index in [9.17, 15) is 4.79 Å². The van der Waals surface area contributed by atoms with E-state index in [1.54, 1.807) is 12.1 Å². The van der Waals surface area contributed by atoms with Crippen LogP contribution in [-0.2, 0) is 11.3 Å². The SMILES string of the molecule is CNCc1ccc(OCC(=O)O)c(-c2ccccc2Cl)c1. The molecule has 0 spiro atoms. The maximum atomic E-state index is 10.7. The first-order chi connectivity index (χ1) is 10.1. The summed E-state index contributed by atoms with van der Waals surface area (Å²) in [5.41, 5.74) is 2.67. The van der Waals surface area contributed by atoms with E-state index in [0.29, 0.717) is 17.3 Å². The zero-order valence-corrected chi connectivity index (χ0v) is 12.4. The minimum Gasteiger partial charge on any atom is -0.481 e. The highest BCUT2D eigenvalue weighted by Gasteiger charge is 2.12. The molecule has 0 saturated carbocycles. The highest BCUT2D eigenvalue weighted by molar-refractivity contribution is 6.33. The lowest BCUT2D eigenvalue weighted by atomic mass is 10.0. The lowest BCUT2D eigenvalue weighted by molar-refractivity contribution is -0.139. The molecule has 0 bridgehead atoms. The van der Waals surface area contributed by atoms with Crippen molar-refractivity contribution in [2.24, 2.45) is 0 Å². The number of carbonyl (C=O) groups is 1. The van der Waals surface area contributed by atoms with Gasteiger partial charge in [-0.2, -0.15) is 0 Å². The topological polar surface area (TPSA) is 58.6 Å². The summed E-state index contributed by atoms with van der Waals surface area (Å²) in [6.07, 6.45) is 0. The van der Waals surface area contributed by atoms with E-state index in [-0.39, 0.29) is 6.61 Å². The summed E-state index contributed by atoms with van der Waals surface area (Å²) in [5.74, 6) is -0.509. The molecule has 0 amide bonds. The standard InChI is InChI=1S/C16H16ClNO3/c1-18-9-11-6-7-15(21-10-16(19)20)13(8-11)12-4-2-3-5-14(12)17/h2-8,18H,9-10H2,1H3,(H,19,20). The monoisotopic (exact) mass is 305 g/mol. The molecular weight excluding hydrogens is 290 g/mol. The molecule has 0 unspecified atom stereocenters. The summed E-state index contributed by atoms with van der Waals surface area (Å²) >= 11 is 6.24. The van der Waals surface area contributed by atoms with Crippen molar-refractivity contribution in [1.29, 1.82) is 0 Å². The van der Waals surface area contributed by atoms with Gasteiger partial charge in [0.1, 0.15) is 5.75 Å². The third-order valence-electron chi connectivity index (χ3n) is 2.94. The molecule has 0 aliphatic heterocycles. The van der Waals surface area contributed by atoms with Crippen LogP contribution < -0.4 is 10.1 Å². The van der Waals surface area contributed by atoms with Crippen molar-refractivity contribution < 1.29 is 14.6 Å². The van der Waals surface area contributed by atoms with Gasteiger partial charge in [-0.05, 0) is 30.8 Å². The lowest BCUT2D eigenvalue weighted by Crippen LogP contribution is -2.10. The maximum Gasteiger partial charge on any atom is 0.341 e. The summed E-state index contributed by atoms with van der Waals surface area (Å²) in [7, 11) is 1.87. The number of nitrogens with one attached hydrogen (secondary N) is 1. The van der Waals surface area contributed by atoms with Crippen LogP contribution >= 0.6 is 11.6 Å². The van der Waals surface area contributed by atoms with Crippen LogP contribution in [0.25, 0.3) is 11.1 Å². The van der Waals surface area contributed by atoms with E-state index in [4.69, 9.17) is 21.4 Å². The molecule has 2 aromatic carbocycles. The van der Waals surface area contributed by atoms with Gasteiger partial charge in [-0.25, -0.2) is 4.79 Å². The van der Waals surface area contributed by atoms with Crippen LogP contribution in [0.4, 0.5) is 0 Å². The Morgan fingerprint density at radius 2 is 2.00 bits per heavy atom. The van der Waals surface area contributed by atoms with Crippen LogP contribution in [0.15, 0.2) is 42.5 Å². The number of hydrogen-bond donors (Lipinski definition) is 2. The predicted octanol–water partition coefficient (Wildman–Crippen LogP) is 3.19. The first-order valence-electron chi connectivity index (χ1n) is 6.49. The summed E-state index contributed by atoms with van der Waals surface area (Å²) in [6.45, 7) is 0.319. The normalized spacial score (nSPS) is 10.4. The molecule has 21 heavy (non-hydrogen) atoms. The van der Waals surface area contributed by atoms with Gasteiger partial charge in [0.15, 0.2) is 6.61 Å². The molecule has 0 saturated heterocycles. The third kappa shape index (κ3) is 3.97. The van der Waals surface area contributed by atoms with Gasteiger partial charge in [0.05, 0.1) is 0 Å². The Balaban J connectivity index is 2.45. The Morgan fingerprint density at radius 3 is 2.67 bits per heavy atom. The van der Waals surface area contributed by atoms with E-state index < -0.39 is 5.97 Å². The van der Waals surface area contributed by atoms with Crippen molar-refractivity contribution in [1.82, 2.24) is 5.32 Å². The number of carboxylic acid groups (broad SMARTS) is 1. The average molecular weight is 306 g/mol. The van der Waals surface area contributed by atoms with Crippen LogP contribution in [0.3, 0.4) is 0 Å². The van der Waals surface area contributed by atoms with Crippen LogP contribution in [0.5, 0.6) is 5.75 Å². The molecule has 0 aliphatic carbocycles. The van der Waals surface area contributed by atoms with Gasteiger partial charge in [0, 0.05) is 22.7 Å². The van der Waals surface area contributed by atoms with E-state index in [1.165, 1.54) is 0 Å². The largest absolute Gasteiger partial charge is 0.481 e. The molecule has 0 aromatic heterocycles. The maximum absolute atomic E-state index is 10.7. The Bertz CT molecular complexity index is 643. The van der Waals surface area contributed by atoms with E-state index >= 15 is 0 Å². The van der Waals surface area contributed by atoms with E-state index in [2.05, 4.69) is 5.32 Å². The number of aliphatic carboxylic acids is 1. The molecule has 2 aromatic rings. The van der Waals surface area contributed by atoms with Gasteiger partial charge in [-0.15, -0.1) is 0 Å². The molecule has 0 fully saturated rings. The fourth-order valence-electron chi connectivity index (χ4n) is 2.05. The van der Waals surface area contributed by atoms with Gasteiger partial charge >= 0.3 is 5.97 Å². The lowest BCUT2D eigenvalue weighted by Gasteiger charge is -2.13. The quantitative estimate of drug-likeness (QED) is 0.860. The molecule has 0 radical (unpaired) electrons. The molecule has 5 heteroatoms. The minimum absolute atomic E-state index is 0.386. The summed E-state index contributed by atoms with van der Waals surface area (Å²) in [4.78, 5) is 10.7. The summed E-state index contributed by atoms with van der Waals surface area (Å²) in [5, 5.41) is 12.4. The Labute approximate surface area is 128 Å². The number of benzene rings is 2. The number of hydrogen-bond acceptors (Lipinski definition) is 3. The smallest absolute Gasteiger partial charge is 0.341 e. The van der Waals surface area contributed by atoms with Gasteiger partial charge in [0.25, 0.3) is 0 Å². The second-order valence-electron chi connectivity index (χ2n) is 4.52. The fourth-order valence-corrected chi connectivity index (χ4v) is 2.28. The van der Waals surface area contributed by atoms with Crippen LogP contribution in [0, 0.1) is 0 Å². The summed E-state index contributed by atoms with van der Waals surface area (Å²) < 4.78 is 5.36. The zero-order valence-electron chi connectivity index (χ0n) is 11.6. The van der Waals surface area contributed by atoms with E-state index in [0.717, 1.165) is 16.7 Å². The van der Waals surface area contributed by atoms with Gasteiger partial charge in [-0.1, -0.05) is 35.9 Å². The van der Waals surface area contributed by atoms with E-state index in [1.807, 2.05) is 37.4 Å². The fraction of sp³-hybridized carbons (Fsp3) is 0.188. The molecule has 110 valence electrons. The predicted molar refractivity (Wildman–Crippen MR) is 82.8 cm³/mol. The van der Waals surface area contributed by atoms with Gasteiger partial charge in [-0.3, -0.25) is 0 Å². The molecule has 0 heterocycles. The van der Waals surface area contributed by atoms with Crippen LogP contribution in [0.1, 0.15) is 5.56 Å². The first kappa shape index (κ1) is 15.4. The van der Waals surface area contributed by atoms with Crippen molar-refractivity contribution in [3.05, 3.63) is 53.1 Å². The molecular formula is C16H16ClNO3. The number of ether oxygens (including phenoxy) is 1. The highest BCUT2D eigenvalue weighted by atomic mass is 35.5.